The molecule has 25 heavy (non-hydrogen) atoms. The number of anilines is 1. The summed E-state index contributed by atoms with van der Waals surface area (Å²) < 4.78 is 0. The van der Waals surface area contributed by atoms with Crippen LogP contribution in [0.3, 0.4) is 0 Å². The molecule has 8 heteroatoms. The van der Waals surface area contributed by atoms with Gasteiger partial charge in [-0.3, -0.25) is 9.59 Å². The number of fused-ring (bicyclic) bond motifs is 2. The second-order valence-electron chi connectivity index (χ2n) is 6.06. The van der Waals surface area contributed by atoms with Crippen molar-refractivity contribution < 1.29 is 14.4 Å². The van der Waals surface area contributed by atoms with Crippen LogP contribution in [0.4, 0.5) is 10.5 Å². The molecule has 132 valence electrons. The van der Waals surface area contributed by atoms with Crippen LogP contribution in [0.25, 0.3) is 0 Å². The van der Waals surface area contributed by atoms with Crippen LogP contribution in [-0.2, 0) is 4.79 Å². The number of piperidine rings is 1. The molecule has 0 unspecified atom stereocenters. The molecule has 0 saturated carbocycles. The van der Waals surface area contributed by atoms with Crippen molar-refractivity contribution in [3.8, 4) is 0 Å². The SMILES string of the molecule is C=CCNC(=O)N[C@H]1CCN2C(=O)c3ccc(Cl)cc3NC(=O)[C@@H]2C1. The molecule has 2 atom stereocenters. The van der Waals surface area contributed by atoms with Gasteiger partial charge in [0.05, 0.1) is 11.3 Å². The summed E-state index contributed by atoms with van der Waals surface area (Å²) in [7, 11) is 0. The number of urea groups is 1. The molecule has 1 aromatic carbocycles. The third kappa shape index (κ3) is 3.61. The minimum atomic E-state index is -0.628. The third-order valence-corrected chi connectivity index (χ3v) is 4.61. The smallest absolute Gasteiger partial charge is 0.315 e. The van der Waals surface area contributed by atoms with Gasteiger partial charge >= 0.3 is 6.03 Å². The van der Waals surface area contributed by atoms with Gasteiger partial charge in [-0.15, -0.1) is 6.58 Å². The van der Waals surface area contributed by atoms with E-state index < -0.39 is 6.04 Å². The van der Waals surface area contributed by atoms with Crippen molar-refractivity contribution >= 4 is 35.1 Å². The lowest BCUT2D eigenvalue weighted by molar-refractivity contribution is -0.121. The summed E-state index contributed by atoms with van der Waals surface area (Å²) in [6, 6.07) is 3.70. The summed E-state index contributed by atoms with van der Waals surface area (Å²) in [5, 5.41) is 8.70. The lowest BCUT2D eigenvalue weighted by atomic mass is 9.96. The molecule has 1 saturated heterocycles. The molecule has 0 spiro atoms. The molecule has 2 heterocycles. The van der Waals surface area contributed by atoms with Crippen LogP contribution in [0, 0.1) is 0 Å². The largest absolute Gasteiger partial charge is 0.335 e. The predicted octanol–water partition coefficient (Wildman–Crippen LogP) is 1.75. The van der Waals surface area contributed by atoms with Gasteiger partial charge in [0, 0.05) is 24.2 Å². The Bertz CT molecular complexity index is 737. The van der Waals surface area contributed by atoms with E-state index in [1.165, 1.54) is 0 Å². The molecule has 0 bridgehead atoms. The molecule has 4 amide bonds. The lowest BCUT2D eigenvalue weighted by Crippen LogP contribution is -2.56. The van der Waals surface area contributed by atoms with E-state index >= 15 is 0 Å². The van der Waals surface area contributed by atoms with Gasteiger partial charge in [0.15, 0.2) is 0 Å². The maximum atomic E-state index is 12.8. The average Bonchev–Trinajstić information content (AvgIpc) is 2.68. The molecule has 0 aromatic heterocycles. The van der Waals surface area contributed by atoms with Crippen LogP contribution >= 0.6 is 11.6 Å². The summed E-state index contributed by atoms with van der Waals surface area (Å²) in [5.41, 5.74) is 0.848. The number of hydrogen-bond donors (Lipinski definition) is 3. The first-order valence-electron chi connectivity index (χ1n) is 8.06. The Morgan fingerprint density at radius 2 is 2.24 bits per heavy atom. The predicted molar refractivity (Wildman–Crippen MR) is 94.7 cm³/mol. The molecular formula is C17H19ClN4O3. The van der Waals surface area contributed by atoms with E-state index in [0.29, 0.717) is 42.2 Å². The Morgan fingerprint density at radius 1 is 1.44 bits per heavy atom. The topological polar surface area (TPSA) is 90.5 Å². The first kappa shape index (κ1) is 17.3. The molecule has 7 nitrogen and oxygen atoms in total. The van der Waals surface area contributed by atoms with E-state index in [4.69, 9.17) is 11.6 Å². The van der Waals surface area contributed by atoms with Crippen LogP contribution < -0.4 is 16.0 Å². The maximum Gasteiger partial charge on any atom is 0.315 e. The number of carbonyl (C=O) groups is 3. The number of nitrogens with one attached hydrogen (secondary N) is 3. The molecule has 3 rings (SSSR count). The van der Waals surface area contributed by atoms with Gasteiger partial charge in [-0.1, -0.05) is 17.7 Å². The summed E-state index contributed by atoms with van der Waals surface area (Å²) in [6.45, 7) is 4.30. The highest BCUT2D eigenvalue weighted by atomic mass is 35.5. The van der Waals surface area contributed by atoms with E-state index in [1.54, 1.807) is 29.2 Å². The minimum absolute atomic E-state index is 0.186. The number of rotatable bonds is 3. The van der Waals surface area contributed by atoms with Gasteiger partial charge in [0.1, 0.15) is 6.04 Å². The van der Waals surface area contributed by atoms with Gasteiger partial charge in [-0.2, -0.15) is 0 Å². The number of carbonyl (C=O) groups excluding carboxylic acids is 3. The van der Waals surface area contributed by atoms with E-state index in [9.17, 15) is 14.4 Å². The van der Waals surface area contributed by atoms with Gasteiger partial charge in [-0.05, 0) is 31.0 Å². The van der Waals surface area contributed by atoms with Crippen molar-refractivity contribution in [1.82, 2.24) is 15.5 Å². The average molecular weight is 363 g/mol. The zero-order valence-electron chi connectivity index (χ0n) is 13.5. The van der Waals surface area contributed by atoms with Crippen LogP contribution in [0.15, 0.2) is 30.9 Å². The quantitative estimate of drug-likeness (QED) is 0.715. The highest BCUT2D eigenvalue weighted by Crippen LogP contribution is 2.30. The van der Waals surface area contributed by atoms with Gasteiger partial charge in [-0.25, -0.2) is 4.79 Å². The van der Waals surface area contributed by atoms with Crippen molar-refractivity contribution in [3.05, 3.63) is 41.4 Å². The van der Waals surface area contributed by atoms with Gasteiger partial charge in [0.2, 0.25) is 5.91 Å². The van der Waals surface area contributed by atoms with Crippen molar-refractivity contribution in [1.29, 1.82) is 0 Å². The minimum Gasteiger partial charge on any atom is -0.335 e. The molecule has 2 aliphatic heterocycles. The third-order valence-electron chi connectivity index (χ3n) is 4.38. The molecule has 0 aliphatic carbocycles. The van der Waals surface area contributed by atoms with Gasteiger partial charge in [0.25, 0.3) is 5.91 Å². The molecule has 0 radical (unpaired) electrons. The Morgan fingerprint density at radius 3 is 3.00 bits per heavy atom. The van der Waals surface area contributed by atoms with Crippen molar-refractivity contribution in [2.75, 3.05) is 18.4 Å². The fourth-order valence-electron chi connectivity index (χ4n) is 3.17. The molecule has 1 aromatic rings. The molecule has 2 aliphatic rings. The first-order valence-corrected chi connectivity index (χ1v) is 8.44. The number of benzene rings is 1. The van der Waals surface area contributed by atoms with E-state index in [2.05, 4.69) is 22.5 Å². The second kappa shape index (κ2) is 7.14. The number of nitrogens with zero attached hydrogens (tertiary/aromatic N) is 1. The van der Waals surface area contributed by atoms with Crippen molar-refractivity contribution in [2.24, 2.45) is 0 Å². The highest BCUT2D eigenvalue weighted by molar-refractivity contribution is 6.31. The maximum absolute atomic E-state index is 12.8. The zero-order valence-corrected chi connectivity index (χ0v) is 14.3. The highest BCUT2D eigenvalue weighted by Gasteiger charge is 2.40. The monoisotopic (exact) mass is 362 g/mol. The molecule has 3 N–H and O–H groups in total. The summed E-state index contributed by atoms with van der Waals surface area (Å²) in [5.74, 6) is -0.475. The standard InChI is InChI=1S/C17H19ClN4O3/c1-2-6-19-17(25)20-11-5-7-22-14(9-11)15(23)21-13-8-10(18)3-4-12(13)16(22)24/h2-4,8,11,14H,1,5-7,9H2,(H,21,23)(H2,19,20,25)/t11-,14-/m0/s1. The van der Waals surface area contributed by atoms with Crippen molar-refractivity contribution in [3.63, 3.8) is 0 Å². The lowest BCUT2D eigenvalue weighted by Gasteiger charge is -2.37. The van der Waals surface area contributed by atoms with E-state index in [0.717, 1.165) is 0 Å². The van der Waals surface area contributed by atoms with Crippen LogP contribution in [0.5, 0.6) is 0 Å². The Labute approximate surface area is 150 Å². The number of hydrogen-bond acceptors (Lipinski definition) is 3. The Balaban J connectivity index is 1.75. The molecular weight excluding hydrogens is 344 g/mol. The number of halogens is 1. The summed E-state index contributed by atoms with van der Waals surface area (Å²) >= 11 is 5.96. The van der Waals surface area contributed by atoms with Gasteiger partial charge < -0.3 is 20.9 Å². The summed E-state index contributed by atoms with van der Waals surface area (Å²) in [6.07, 6.45) is 2.53. The Hall–Kier alpha value is -2.54. The number of amides is 4. The van der Waals surface area contributed by atoms with Crippen LogP contribution in [-0.4, -0.2) is 47.9 Å². The van der Waals surface area contributed by atoms with Crippen molar-refractivity contribution in [2.45, 2.75) is 24.9 Å². The Kier molecular flexibility index (Phi) is 4.94. The fourth-order valence-corrected chi connectivity index (χ4v) is 3.34. The summed E-state index contributed by atoms with van der Waals surface area (Å²) in [4.78, 5) is 38.7. The van der Waals surface area contributed by atoms with E-state index in [-0.39, 0.29) is 23.9 Å². The van der Waals surface area contributed by atoms with Crippen LogP contribution in [0.1, 0.15) is 23.2 Å². The fraction of sp³-hybridized carbons (Fsp3) is 0.353. The normalized spacial score (nSPS) is 22.2. The first-order chi connectivity index (χ1) is 12.0. The van der Waals surface area contributed by atoms with E-state index in [1.807, 2.05) is 0 Å². The molecule has 1 fully saturated rings. The zero-order chi connectivity index (χ0) is 18.0. The van der Waals surface area contributed by atoms with Crippen LogP contribution in [0.2, 0.25) is 5.02 Å². The second-order valence-corrected chi connectivity index (χ2v) is 6.49.